The summed E-state index contributed by atoms with van der Waals surface area (Å²) in [6, 6.07) is 0. The van der Waals surface area contributed by atoms with Crippen LogP contribution in [0.25, 0.3) is 0 Å². The van der Waals surface area contributed by atoms with E-state index < -0.39 is 12.2 Å². The minimum Gasteiger partial charge on any atom is -0.377 e. The van der Waals surface area contributed by atoms with E-state index in [1.165, 1.54) is 96.3 Å². The van der Waals surface area contributed by atoms with Crippen LogP contribution in [-0.2, 0) is 0 Å². The van der Waals surface area contributed by atoms with Crippen LogP contribution in [0.3, 0.4) is 0 Å². The lowest BCUT2D eigenvalue weighted by atomic mass is 10.0. The first-order valence-corrected chi connectivity index (χ1v) is 18.7. The van der Waals surface area contributed by atoms with Crippen molar-refractivity contribution in [1.82, 2.24) is 0 Å². The van der Waals surface area contributed by atoms with Crippen LogP contribution < -0.4 is 0 Å². The molecule has 0 rings (SSSR count). The number of aliphatic hydroxyl groups is 2. The fourth-order valence-electron chi connectivity index (χ4n) is 5.04. The molecule has 0 aromatic rings. The highest BCUT2D eigenvalue weighted by Gasteiger charge is 1.94. The molecule has 0 radical (unpaired) electrons. The molecule has 0 aliphatic heterocycles. The molecule has 0 spiro atoms. The highest BCUT2D eigenvalue weighted by atomic mass is 16.3. The summed E-state index contributed by atoms with van der Waals surface area (Å²) in [6.45, 7) is 0. The van der Waals surface area contributed by atoms with E-state index in [4.69, 9.17) is 12.8 Å². The van der Waals surface area contributed by atoms with Crippen LogP contribution in [0, 0.1) is 48.4 Å². The lowest BCUT2D eigenvalue weighted by molar-refractivity contribution is 0.280. The van der Waals surface area contributed by atoms with Gasteiger partial charge in [0.25, 0.3) is 0 Å². The highest BCUT2D eigenvalue weighted by molar-refractivity contribution is 5.24. The van der Waals surface area contributed by atoms with Gasteiger partial charge in [-0.1, -0.05) is 149 Å². The second-order valence-corrected chi connectivity index (χ2v) is 12.2. The Kier molecular flexibility index (Phi) is 36.4. The molecule has 2 nitrogen and oxygen atoms in total. The zero-order chi connectivity index (χ0) is 34.1. The van der Waals surface area contributed by atoms with E-state index in [9.17, 15) is 10.2 Å². The molecule has 0 saturated carbocycles. The second kappa shape index (κ2) is 39.0. The monoisotopic (exact) mass is 639 g/mol. The van der Waals surface area contributed by atoms with Crippen LogP contribution in [0.4, 0.5) is 0 Å². The predicted molar refractivity (Wildman–Crippen MR) is 206 cm³/mol. The third-order valence-corrected chi connectivity index (χ3v) is 7.85. The van der Waals surface area contributed by atoms with Crippen molar-refractivity contribution in [2.75, 3.05) is 0 Å². The zero-order valence-corrected chi connectivity index (χ0v) is 29.7. The van der Waals surface area contributed by atoms with Crippen molar-refractivity contribution in [2.45, 2.75) is 173 Å². The van der Waals surface area contributed by atoms with Gasteiger partial charge >= 0.3 is 0 Å². The molecular formula is C45H66O2. The van der Waals surface area contributed by atoms with Gasteiger partial charge in [-0.3, -0.25) is 0 Å². The number of unbranched alkanes of at least 4 members (excludes halogenated alkanes) is 21. The van der Waals surface area contributed by atoms with E-state index >= 15 is 0 Å². The molecule has 0 unspecified atom stereocenters. The Morgan fingerprint density at radius 3 is 1.43 bits per heavy atom. The third kappa shape index (κ3) is 39.0. The number of allylic oxidation sites excluding steroid dienone is 9. The number of aliphatic hydroxyl groups excluding tert-OH is 2. The third-order valence-electron chi connectivity index (χ3n) is 7.85. The molecule has 0 aromatic heterocycles. The maximum Gasteiger partial charge on any atom is 0.176 e. The van der Waals surface area contributed by atoms with Gasteiger partial charge in [-0.05, 0) is 102 Å². The summed E-state index contributed by atoms with van der Waals surface area (Å²) < 4.78 is 0. The average Bonchev–Trinajstić information content (AvgIpc) is 3.08. The van der Waals surface area contributed by atoms with Crippen molar-refractivity contribution in [3.63, 3.8) is 0 Å². The molecular weight excluding hydrogens is 572 g/mol. The van der Waals surface area contributed by atoms with Crippen LogP contribution in [0.2, 0.25) is 0 Å². The number of hydrogen-bond acceptors (Lipinski definition) is 2. The summed E-state index contributed by atoms with van der Waals surface area (Å²) in [6.07, 6.45) is 59.8. The molecule has 0 aromatic carbocycles. The first-order valence-electron chi connectivity index (χ1n) is 18.7. The maximum absolute atomic E-state index is 9.87. The predicted octanol–water partition coefficient (Wildman–Crippen LogP) is 11.5. The van der Waals surface area contributed by atoms with E-state index in [0.717, 1.165) is 64.2 Å². The summed E-state index contributed by atoms with van der Waals surface area (Å²) in [5.74, 6) is 16.3. The van der Waals surface area contributed by atoms with Crippen molar-refractivity contribution in [3.8, 4) is 48.4 Å². The molecule has 2 atom stereocenters. The van der Waals surface area contributed by atoms with Crippen LogP contribution >= 0.6 is 0 Å². The van der Waals surface area contributed by atoms with Crippen molar-refractivity contribution in [1.29, 1.82) is 0 Å². The van der Waals surface area contributed by atoms with Crippen LogP contribution in [0.15, 0.2) is 60.8 Å². The first kappa shape index (κ1) is 43.9. The van der Waals surface area contributed by atoms with Gasteiger partial charge < -0.3 is 10.2 Å². The summed E-state index contributed by atoms with van der Waals surface area (Å²) in [7, 11) is 0. The molecule has 258 valence electrons. The highest BCUT2D eigenvalue weighted by Crippen LogP contribution is 2.13. The van der Waals surface area contributed by atoms with Gasteiger partial charge in [0, 0.05) is 6.42 Å². The Hall–Kier alpha value is -3.14. The molecule has 0 bridgehead atoms. The molecule has 0 fully saturated rings. The minimum atomic E-state index is -0.883. The summed E-state index contributed by atoms with van der Waals surface area (Å²) >= 11 is 0. The van der Waals surface area contributed by atoms with Crippen LogP contribution in [0.1, 0.15) is 161 Å². The van der Waals surface area contributed by atoms with Gasteiger partial charge in [-0.2, -0.15) is 0 Å². The topological polar surface area (TPSA) is 40.5 Å². The standard InChI is InChI=1S/C45H66O2/c1-3-5-6-7-8-9-10-11-12-13-14-15-16-17-18-19-20-21-22-23-24-25-26-27-28-29-33-36-39-42-45(47)43-40-37-34-31-30-32-35-38-41-44(46)4-2/h1-2,5-6,20-21,26-27,33,36,38,41,44-47H,7-19,22-25,28-32,34-35,37H2/b6-5-,21-20-,27-26-,36-33+,41-38+/t44-,45-/m1/s1. The molecule has 0 aliphatic carbocycles. The molecule has 0 amide bonds. The van der Waals surface area contributed by atoms with Gasteiger partial charge in [0.05, 0.1) is 0 Å². The number of terminal acetylenes is 2. The Morgan fingerprint density at radius 2 is 0.872 bits per heavy atom. The SMILES string of the molecule is C#C/C=C\CCCCCCCCCCCCC/C=C\CCCC/C=C\CC/C=C/C#C[C@@H](O)C#CCCCCCC/C=C/[C@H](O)C#C. The normalized spacial score (nSPS) is 12.8. The largest absolute Gasteiger partial charge is 0.377 e. The quantitative estimate of drug-likeness (QED) is 0.0486. The zero-order valence-electron chi connectivity index (χ0n) is 29.7. The Labute approximate surface area is 291 Å². The lowest BCUT2D eigenvalue weighted by Crippen LogP contribution is -1.97. The Balaban J connectivity index is 3.48. The van der Waals surface area contributed by atoms with Crippen LogP contribution in [0.5, 0.6) is 0 Å². The van der Waals surface area contributed by atoms with Gasteiger partial charge in [-0.15, -0.1) is 12.8 Å². The average molecular weight is 639 g/mol. The Morgan fingerprint density at radius 1 is 0.447 bits per heavy atom. The molecule has 2 heteroatoms. The fourth-order valence-corrected chi connectivity index (χ4v) is 5.04. The molecule has 0 saturated heterocycles. The number of hydrogen-bond donors (Lipinski definition) is 2. The van der Waals surface area contributed by atoms with Crippen molar-refractivity contribution in [2.24, 2.45) is 0 Å². The van der Waals surface area contributed by atoms with Crippen molar-refractivity contribution < 1.29 is 10.2 Å². The fraction of sp³-hybridized carbons (Fsp3) is 0.600. The lowest BCUT2D eigenvalue weighted by Gasteiger charge is -2.02. The van der Waals surface area contributed by atoms with Crippen LogP contribution in [-0.4, -0.2) is 22.4 Å². The second-order valence-electron chi connectivity index (χ2n) is 12.2. The molecule has 0 aliphatic rings. The minimum absolute atomic E-state index is 0.772. The van der Waals surface area contributed by atoms with E-state index in [-0.39, 0.29) is 0 Å². The Bertz CT molecular complexity index is 1050. The summed E-state index contributed by atoms with van der Waals surface area (Å²) in [5, 5.41) is 19.1. The van der Waals surface area contributed by atoms with E-state index in [1.807, 2.05) is 18.2 Å². The molecule has 47 heavy (non-hydrogen) atoms. The first-order chi connectivity index (χ1) is 23.2. The number of rotatable bonds is 29. The van der Waals surface area contributed by atoms with Crippen molar-refractivity contribution in [3.05, 3.63) is 60.8 Å². The van der Waals surface area contributed by atoms with Gasteiger partial charge in [0.1, 0.15) is 6.10 Å². The summed E-state index contributed by atoms with van der Waals surface area (Å²) in [4.78, 5) is 0. The van der Waals surface area contributed by atoms with E-state index in [1.54, 1.807) is 6.08 Å². The van der Waals surface area contributed by atoms with Gasteiger partial charge in [0.15, 0.2) is 6.10 Å². The van der Waals surface area contributed by atoms with Gasteiger partial charge in [-0.25, -0.2) is 0 Å². The molecule has 2 N–H and O–H groups in total. The molecule has 0 heterocycles. The smallest absolute Gasteiger partial charge is 0.176 e. The van der Waals surface area contributed by atoms with Crippen molar-refractivity contribution >= 4 is 0 Å². The van der Waals surface area contributed by atoms with E-state index in [2.05, 4.69) is 72.0 Å². The summed E-state index contributed by atoms with van der Waals surface area (Å²) in [5.41, 5.74) is 0. The van der Waals surface area contributed by atoms with E-state index in [0.29, 0.717) is 0 Å². The maximum atomic E-state index is 9.87. The van der Waals surface area contributed by atoms with Gasteiger partial charge in [0.2, 0.25) is 0 Å².